The Labute approximate surface area is 147 Å². The fourth-order valence-corrected chi connectivity index (χ4v) is 4.36. The van der Waals surface area contributed by atoms with Gasteiger partial charge in [0.2, 0.25) is 0 Å². The number of hydrogen-bond acceptors (Lipinski definition) is 2. The van der Waals surface area contributed by atoms with Crippen LogP contribution >= 0.6 is 0 Å². The zero-order valence-electron chi connectivity index (χ0n) is 14.0. The van der Waals surface area contributed by atoms with Crippen molar-refractivity contribution in [1.82, 2.24) is 9.78 Å². The van der Waals surface area contributed by atoms with Gasteiger partial charge in [0.25, 0.3) is 0 Å². The molecule has 1 spiro atoms. The highest BCUT2D eigenvalue weighted by Crippen LogP contribution is 2.47. The average molecular weight is 336 g/mol. The number of terminal acetylenes is 1. The average Bonchev–Trinajstić information content (AvgIpc) is 3.03. The Kier molecular flexibility index (Phi) is 3.97. The molecule has 1 aromatic carbocycles. The lowest BCUT2D eigenvalue weighted by Crippen LogP contribution is -2.44. The number of aliphatic hydroxyl groups is 1. The molecule has 0 amide bonds. The van der Waals surface area contributed by atoms with E-state index in [1.807, 2.05) is 10.9 Å². The second-order valence-corrected chi connectivity index (χ2v) is 7.19. The molecule has 0 aliphatic heterocycles. The number of hydrogen-bond donors (Lipinski definition) is 1. The van der Waals surface area contributed by atoms with E-state index in [-0.39, 0.29) is 17.2 Å². The third-order valence-corrected chi connectivity index (χ3v) is 5.68. The lowest BCUT2D eigenvalue weighted by molar-refractivity contribution is -0.0236. The molecule has 0 unspecified atom stereocenters. The van der Waals surface area contributed by atoms with Crippen molar-refractivity contribution in [3.63, 3.8) is 0 Å². The molecule has 1 heterocycles. The molecule has 3 nitrogen and oxygen atoms in total. The maximum Gasteiger partial charge on any atom is 0.123 e. The van der Waals surface area contributed by atoms with Crippen LogP contribution in [-0.4, -0.2) is 21.0 Å². The van der Waals surface area contributed by atoms with Gasteiger partial charge in [0.05, 0.1) is 23.7 Å². The molecule has 2 aliphatic rings. The normalized spacial score (nSPS) is 27.9. The number of fused-ring (bicyclic) bond motifs is 1. The standard InChI is InChI=1S/C21H21FN2O/c1-2-4-15-5-3-11-21(20(15)25)12-10-19-16(13-21)14-23-24(19)18-8-6-17(22)7-9-18/h1,6-10,12,14-15,20,25H,3-5,11,13H2/t15-,20-,21+/m0/s1. The van der Waals surface area contributed by atoms with Crippen molar-refractivity contribution >= 4 is 6.08 Å². The molecule has 0 radical (unpaired) electrons. The van der Waals surface area contributed by atoms with Gasteiger partial charge in [0.1, 0.15) is 5.82 Å². The summed E-state index contributed by atoms with van der Waals surface area (Å²) in [6.07, 6.45) is 15.5. The summed E-state index contributed by atoms with van der Waals surface area (Å²) >= 11 is 0. The first kappa shape index (κ1) is 16.1. The van der Waals surface area contributed by atoms with Crippen molar-refractivity contribution in [2.75, 3.05) is 0 Å². The van der Waals surface area contributed by atoms with E-state index < -0.39 is 6.10 Å². The molecule has 1 saturated carbocycles. The minimum Gasteiger partial charge on any atom is -0.392 e. The molecule has 4 rings (SSSR count). The van der Waals surface area contributed by atoms with Crippen LogP contribution in [0, 0.1) is 29.5 Å². The minimum absolute atomic E-state index is 0.164. The molecular weight excluding hydrogens is 315 g/mol. The molecule has 1 aromatic heterocycles. The first-order chi connectivity index (χ1) is 12.1. The smallest absolute Gasteiger partial charge is 0.123 e. The van der Waals surface area contributed by atoms with E-state index in [0.29, 0.717) is 6.42 Å². The Hall–Kier alpha value is -2.38. The molecule has 25 heavy (non-hydrogen) atoms. The van der Waals surface area contributed by atoms with Crippen LogP contribution in [0.4, 0.5) is 4.39 Å². The molecular formula is C21H21FN2O. The first-order valence-electron chi connectivity index (χ1n) is 8.76. The van der Waals surface area contributed by atoms with E-state index in [9.17, 15) is 9.50 Å². The maximum atomic E-state index is 13.2. The van der Waals surface area contributed by atoms with Crippen molar-refractivity contribution in [3.05, 3.63) is 53.6 Å². The highest BCUT2D eigenvalue weighted by Gasteiger charge is 2.44. The van der Waals surface area contributed by atoms with Gasteiger partial charge < -0.3 is 5.11 Å². The van der Waals surface area contributed by atoms with Gasteiger partial charge in [0.15, 0.2) is 0 Å². The molecule has 2 aromatic rings. The van der Waals surface area contributed by atoms with E-state index in [2.05, 4.69) is 23.2 Å². The quantitative estimate of drug-likeness (QED) is 0.848. The summed E-state index contributed by atoms with van der Waals surface area (Å²) in [5, 5.41) is 15.4. The van der Waals surface area contributed by atoms with E-state index in [1.54, 1.807) is 12.1 Å². The van der Waals surface area contributed by atoms with Gasteiger partial charge in [-0.15, -0.1) is 12.3 Å². The van der Waals surface area contributed by atoms with Gasteiger partial charge in [-0.1, -0.05) is 12.5 Å². The predicted octanol–water partition coefficient (Wildman–Crippen LogP) is 3.75. The summed E-state index contributed by atoms with van der Waals surface area (Å²) in [5.41, 5.74) is 2.71. The van der Waals surface area contributed by atoms with Crippen LogP contribution in [0.15, 0.2) is 36.5 Å². The Balaban J connectivity index is 1.66. The van der Waals surface area contributed by atoms with Crippen molar-refractivity contribution in [2.24, 2.45) is 11.3 Å². The van der Waals surface area contributed by atoms with Crippen LogP contribution in [-0.2, 0) is 6.42 Å². The van der Waals surface area contributed by atoms with Gasteiger partial charge in [-0.05, 0) is 61.1 Å². The zero-order chi connectivity index (χ0) is 17.4. The van der Waals surface area contributed by atoms with Crippen LogP contribution in [0.2, 0.25) is 0 Å². The van der Waals surface area contributed by atoms with Crippen molar-refractivity contribution < 1.29 is 9.50 Å². The molecule has 128 valence electrons. The first-order valence-corrected chi connectivity index (χ1v) is 8.76. The molecule has 3 atom stereocenters. The minimum atomic E-state index is -0.420. The maximum absolute atomic E-state index is 13.2. The van der Waals surface area contributed by atoms with Gasteiger partial charge in [-0.2, -0.15) is 5.10 Å². The molecule has 1 fully saturated rings. The van der Waals surface area contributed by atoms with Crippen molar-refractivity contribution in [3.8, 4) is 18.0 Å². The van der Waals surface area contributed by atoms with Crippen LogP contribution in [0.3, 0.4) is 0 Å². The second-order valence-electron chi connectivity index (χ2n) is 7.19. The van der Waals surface area contributed by atoms with Crippen LogP contribution < -0.4 is 0 Å². The Bertz CT molecular complexity index is 846. The molecule has 2 aliphatic carbocycles. The Morgan fingerprint density at radius 2 is 2.16 bits per heavy atom. The monoisotopic (exact) mass is 336 g/mol. The van der Waals surface area contributed by atoms with Gasteiger partial charge in [0, 0.05) is 11.8 Å². The number of benzene rings is 1. The fourth-order valence-electron chi connectivity index (χ4n) is 4.36. The highest BCUT2D eigenvalue weighted by atomic mass is 19.1. The van der Waals surface area contributed by atoms with Gasteiger partial charge in [-0.25, -0.2) is 9.07 Å². The topological polar surface area (TPSA) is 38.0 Å². The number of rotatable bonds is 2. The zero-order valence-corrected chi connectivity index (χ0v) is 14.0. The van der Waals surface area contributed by atoms with Crippen LogP contribution in [0.5, 0.6) is 0 Å². The summed E-state index contributed by atoms with van der Waals surface area (Å²) < 4.78 is 15.0. The van der Waals surface area contributed by atoms with E-state index in [1.165, 1.54) is 12.1 Å². The van der Waals surface area contributed by atoms with Crippen molar-refractivity contribution in [2.45, 2.75) is 38.2 Å². The van der Waals surface area contributed by atoms with Crippen LogP contribution in [0.1, 0.15) is 36.9 Å². The summed E-state index contributed by atoms with van der Waals surface area (Å²) in [7, 11) is 0. The number of aromatic nitrogens is 2. The lowest BCUT2D eigenvalue weighted by atomic mass is 9.62. The molecule has 1 N–H and O–H groups in total. The predicted molar refractivity (Wildman–Crippen MR) is 95.5 cm³/mol. The molecule has 0 bridgehead atoms. The summed E-state index contributed by atoms with van der Waals surface area (Å²) in [6, 6.07) is 6.32. The van der Waals surface area contributed by atoms with Crippen LogP contribution in [0.25, 0.3) is 11.8 Å². The third-order valence-electron chi connectivity index (χ3n) is 5.68. The Morgan fingerprint density at radius 3 is 2.92 bits per heavy atom. The summed E-state index contributed by atoms with van der Waals surface area (Å²) in [4.78, 5) is 0. The molecule has 4 heteroatoms. The summed E-state index contributed by atoms with van der Waals surface area (Å²) in [5.74, 6) is 2.61. The lowest BCUT2D eigenvalue weighted by Gasteiger charge is -2.45. The largest absolute Gasteiger partial charge is 0.392 e. The van der Waals surface area contributed by atoms with Crippen molar-refractivity contribution in [1.29, 1.82) is 0 Å². The number of aliphatic hydroxyl groups excluding tert-OH is 1. The second kappa shape index (κ2) is 6.16. The fraction of sp³-hybridized carbons (Fsp3) is 0.381. The van der Waals surface area contributed by atoms with E-state index >= 15 is 0 Å². The van der Waals surface area contributed by atoms with E-state index in [4.69, 9.17) is 6.42 Å². The number of nitrogens with zero attached hydrogens (tertiary/aromatic N) is 2. The molecule has 0 saturated heterocycles. The SMILES string of the molecule is C#CC[C@H]1CCC[C@]2(C=Cc3c(cnn3-c3ccc(F)cc3)C2)[C@H]1O. The van der Waals surface area contributed by atoms with E-state index in [0.717, 1.165) is 42.6 Å². The van der Waals surface area contributed by atoms with Gasteiger partial charge in [-0.3, -0.25) is 0 Å². The Morgan fingerprint density at radius 1 is 1.36 bits per heavy atom. The van der Waals surface area contributed by atoms with Gasteiger partial charge >= 0.3 is 0 Å². The number of halogens is 1. The third kappa shape index (κ3) is 2.69. The highest BCUT2D eigenvalue weighted by molar-refractivity contribution is 5.57. The summed E-state index contributed by atoms with van der Waals surface area (Å²) in [6.45, 7) is 0.